The molecule has 1 aliphatic carbocycles. The van der Waals surface area contributed by atoms with Gasteiger partial charge in [0.15, 0.2) is 5.82 Å². The molecule has 0 unspecified atom stereocenters. The third-order valence-corrected chi connectivity index (χ3v) is 5.69. The second-order valence-electron chi connectivity index (χ2n) is 7.68. The molecular formula is C21H26N8O3. The number of ether oxygens (including phenoxy) is 1. The Kier molecular flexibility index (Phi) is 6.06. The van der Waals surface area contributed by atoms with Crippen molar-refractivity contribution in [2.75, 3.05) is 19.9 Å². The molecule has 0 aliphatic heterocycles. The van der Waals surface area contributed by atoms with Crippen molar-refractivity contribution in [3.8, 4) is 17.1 Å². The molecule has 3 amide bonds. The van der Waals surface area contributed by atoms with Crippen LogP contribution in [-0.2, 0) is 0 Å². The van der Waals surface area contributed by atoms with Gasteiger partial charge in [0.2, 0.25) is 5.88 Å². The number of aromatic nitrogens is 4. The van der Waals surface area contributed by atoms with Crippen molar-refractivity contribution in [2.45, 2.75) is 37.8 Å². The summed E-state index contributed by atoms with van der Waals surface area (Å²) in [5.74, 6) is 0.433. The van der Waals surface area contributed by atoms with Crippen molar-refractivity contribution in [2.24, 2.45) is 0 Å². The zero-order valence-corrected chi connectivity index (χ0v) is 18.0. The third-order valence-electron chi connectivity index (χ3n) is 5.69. The highest BCUT2D eigenvalue weighted by Crippen LogP contribution is 2.29. The van der Waals surface area contributed by atoms with E-state index >= 15 is 0 Å². The van der Waals surface area contributed by atoms with Crippen LogP contribution in [0, 0.1) is 0 Å². The quantitative estimate of drug-likeness (QED) is 0.470. The van der Waals surface area contributed by atoms with Crippen molar-refractivity contribution in [1.82, 2.24) is 35.5 Å². The molecule has 11 heteroatoms. The fourth-order valence-electron chi connectivity index (χ4n) is 4.03. The molecule has 5 N–H and O–H groups in total. The maximum absolute atomic E-state index is 13.2. The molecule has 1 fully saturated rings. The fraction of sp³-hybridized carbons (Fsp3) is 0.381. The van der Waals surface area contributed by atoms with Crippen LogP contribution in [0.3, 0.4) is 0 Å². The lowest BCUT2D eigenvalue weighted by Gasteiger charge is -2.29. The molecule has 0 saturated heterocycles. The summed E-state index contributed by atoms with van der Waals surface area (Å²) in [6.07, 6.45) is 6.11. The molecule has 4 rings (SSSR count). The highest BCUT2D eigenvalue weighted by molar-refractivity contribution is 6.05. The van der Waals surface area contributed by atoms with Crippen molar-refractivity contribution in [3.63, 3.8) is 0 Å². The number of amides is 3. The van der Waals surface area contributed by atoms with Gasteiger partial charge in [0.25, 0.3) is 5.91 Å². The molecule has 0 radical (unpaired) electrons. The average Bonchev–Trinajstić information content (AvgIpc) is 3.21. The molecule has 3 heterocycles. The number of fused-ring (bicyclic) bond motifs is 1. The largest absolute Gasteiger partial charge is 0.481 e. The standard InChI is InChI=1S/C21H26N8O3/c1-23-21(31)28-14-5-3-13(4-6-14)27-20(30)15-10-16(12-7-8-24-17(9-12)32-2)29-18(15)19(22)25-11-26-29/h7-11,13-14H,3-6H2,1-2H3,(H,27,30)(H2,22,25,26)(H2,23,28,31)/t13-,14-. The van der Waals surface area contributed by atoms with E-state index in [2.05, 4.69) is 31.0 Å². The topological polar surface area (TPSA) is 149 Å². The number of rotatable bonds is 5. The minimum absolute atomic E-state index is 0.00973. The van der Waals surface area contributed by atoms with Gasteiger partial charge in [-0.1, -0.05) is 0 Å². The van der Waals surface area contributed by atoms with E-state index in [0.29, 0.717) is 22.7 Å². The summed E-state index contributed by atoms with van der Waals surface area (Å²) < 4.78 is 6.83. The van der Waals surface area contributed by atoms with Crippen LogP contribution < -0.4 is 26.4 Å². The van der Waals surface area contributed by atoms with E-state index in [0.717, 1.165) is 31.2 Å². The molecule has 0 aromatic carbocycles. The van der Waals surface area contributed by atoms with E-state index in [4.69, 9.17) is 10.5 Å². The number of nitrogens with two attached hydrogens (primary N) is 1. The molecule has 0 atom stereocenters. The maximum atomic E-state index is 13.2. The summed E-state index contributed by atoms with van der Waals surface area (Å²) >= 11 is 0. The van der Waals surface area contributed by atoms with Gasteiger partial charge in [-0.25, -0.2) is 19.3 Å². The number of hydrogen-bond donors (Lipinski definition) is 4. The van der Waals surface area contributed by atoms with Crippen molar-refractivity contribution < 1.29 is 14.3 Å². The Bertz CT molecular complexity index is 1140. The van der Waals surface area contributed by atoms with Crippen LogP contribution in [0.2, 0.25) is 0 Å². The molecule has 32 heavy (non-hydrogen) atoms. The molecule has 3 aromatic heterocycles. The summed E-state index contributed by atoms with van der Waals surface area (Å²) in [5, 5.41) is 12.9. The highest BCUT2D eigenvalue weighted by Gasteiger charge is 2.26. The minimum Gasteiger partial charge on any atom is -0.481 e. The molecule has 168 valence electrons. The molecule has 1 saturated carbocycles. The fourth-order valence-corrected chi connectivity index (χ4v) is 4.03. The number of nitrogens with one attached hydrogen (secondary N) is 3. The number of pyridine rings is 1. The normalized spacial score (nSPS) is 18.2. The van der Waals surface area contributed by atoms with E-state index in [1.54, 1.807) is 37.0 Å². The number of hydrogen-bond acceptors (Lipinski definition) is 7. The van der Waals surface area contributed by atoms with E-state index < -0.39 is 0 Å². The summed E-state index contributed by atoms with van der Waals surface area (Å²) in [4.78, 5) is 32.9. The summed E-state index contributed by atoms with van der Waals surface area (Å²) in [7, 11) is 3.13. The van der Waals surface area contributed by atoms with Crippen LogP contribution in [0.4, 0.5) is 10.6 Å². The first-order valence-electron chi connectivity index (χ1n) is 10.4. The van der Waals surface area contributed by atoms with Crippen molar-refractivity contribution in [3.05, 3.63) is 36.3 Å². The Labute approximate surface area is 184 Å². The zero-order chi connectivity index (χ0) is 22.7. The Balaban J connectivity index is 1.57. The molecule has 11 nitrogen and oxygen atoms in total. The van der Waals surface area contributed by atoms with Crippen LogP contribution in [0.5, 0.6) is 5.88 Å². The summed E-state index contributed by atoms with van der Waals surface area (Å²) in [6.45, 7) is 0. The number of nitrogen functional groups attached to an aromatic ring is 1. The van der Waals surface area contributed by atoms with Gasteiger partial charge in [0.05, 0.1) is 18.4 Å². The average molecular weight is 438 g/mol. The van der Waals surface area contributed by atoms with Crippen molar-refractivity contribution >= 4 is 23.3 Å². The van der Waals surface area contributed by atoms with Gasteiger partial charge in [0.1, 0.15) is 11.8 Å². The first-order chi connectivity index (χ1) is 15.5. The number of nitrogens with zero attached hydrogens (tertiary/aromatic N) is 4. The Morgan fingerprint density at radius 2 is 1.84 bits per heavy atom. The first kappa shape index (κ1) is 21.3. The predicted octanol–water partition coefficient (Wildman–Crippen LogP) is 1.35. The monoisotopic (exact) mass is 438 g/mol. The smallest absolute Gasteiger partial charge is 0.314 e. The molecule has 1 aliphatic rings. The lowest BCUT2D eigenvalue weighted by molar-refractivity contribution is 0.0926. The third kappa shape index (κ3) is 4.27. The molecule has 0 spiro atoms. The Hall–Kier alpha value is -3.89. The van der Waals surface area contributed by atoms with Crippen LogP contribution >= 0.6 is 0 Å². The number of carbonyl (C=O) groups excluding carboxylic acids is 2. The van der Waals surface area contributed by atoms with Crippen LogP contribution in [0.25, 0.3) is 16.8 Å². The van der Waals surface area contributed by atoms with E-state index in [9.17, 15) is 9.59 Å². The first-order valence-corrected chi connectivity index (χ1v) is 10.4. The van der Waals surface area contributed by atoms with Gasteiger partial charge in [0, 0.05) is 37.0 Å². The van der Waals surface area contributed by atoms with Crippen LogP contribution in [-0.4, -0.2) is 57.8 Å². The summed E-state index contributed by atoms with van der Waals surface area (Å²) in [5.41, 5.74) is 8.43. The lowest BCUT2D eigenvalue weighted by Crippen LogP contribution is -2.46. The predicted molar refractivity (Wildman–Crippen MR) is 118 cm³/mol. The van der Waals surface area contributed by atoms with Gasteiger partial charge in [-0.3, -0.25) is 4.79 Å². The second kappa shape index (κ2) is 9.08. The maximum Gasteiger partial charge on any atom is 0.314 e. The molecule has 0 bridgehead atoms. The highest BCUT2D eigenvalue weighted by atomic mass is 16.5. The number of anilines is 1. The number of urea groups is 1. The van der Waals surface area contributed by atoms with E-state index in [1.165, 1.54) is 6.33 Å². The van der Waals surface area contributed by atoms with Gasteiger partial charge in [-0.2, -0.15) is 5.10 Å². The lowest BCUT2D eigenvalue weighted by atomic mass is 9.91. The van der Waals surface area contributed by atoms with Gasteiger partial charge < -0.3 is 26.4 Å². The molecule has 3 aromatic rings. The number of carbonyl (C=O) groups is 2. The van der Waals surface area contributed by atoms with Crippen molar-refractivity contribution in [1.29, 1.82) is 0 Å². The van der Waals surface area contributed by atoms with Gasteiger partial charge >= 0.3 is 6.03 Å². The van der Waals surface area contributed by atoms with Crippen LogP contribution in [0.1, 0.15) is 36.0 Å². The Morgan fingerprint density at radius 3 is 2.53 bits per heavy atom. The zero-order valence-electron chi connectivity index (χ0n) is 18.0. The number of methoxy groups -OCH3 is 1. The van der Waals surface area contributed by atoms with Crippen LogP contribution in [0.15, 0.2) is 30.7 Å². The summed E-state index contributed by atoms with van der Waals surface area (Å²) in [6, 6.07) is 5.26. The SMILES string of the molecule is CNC(=O)N[C@H]1CC[C@H](NC(=O)c2cc(-c3ccnc(OC)c3)n3ncnc(N)c23)CC1. The Morgan fingerprint density at radius 1 is 1.12 bits per heavy atom. The minimum atomic E-state index is -0.237. The van der Waals surface area contributed by atoms with E-state index in [-0.39, 0.29) is 29.8 Å². The second-order valence-corrected chi connectivity index (χ2v) is 7.68. The van der Waals surface area contributed by atoms with Gasteiger partial charge in [-0.15, -0.1) is 0 Å². The van der Waals surface area contributed by atoms with E-state index in [1.807, 2.05) is 6.07 Å². The van der Waals surface area contributed by atoms with Gasteiger partial charge in [-0.05, 0) is 37.8 Å². The molecular weight excluding hydrogens is 412 g/mol.